The molecule has 14 heteroatoms. The fourth-order valence-electron chi connectivity index (χ4n) is 4.37. The Balaban J connectivity index is 1.86. The predicted octanol–water partition coefficient (Wildman–Crippen LogP) is 1.48. The Morgan fingerprint density at radius 2 is 1.70 bits per heavy atom. The lowest BCUT2D eigenvalue weighted by Gasteiger charge is -2.33. The molecule has 3 rings (SSSR count). The molecule has 0 spiro atoms. The van der Waals surface area contributed by atoms with Crippen LogP contribution in [0.1, 0.15) is 12.8 Å². The summed E-state index contributed by atoms with van der Waals surface area (Å²) in [5.74, 6) is -5.55. The Bertz CT molecular complexity index is 759. The molecular weight excluding hydrogens is 414 g/mol. The Hall–Kier alpha value is -1.57. The van der Waals surface area contributed by atoms with Crippen LogP contribution in [0.4, 0.5) is 26.3 Å². The molecule has 5 unspecified atom stereocenters. The molecule has 154 valence electrons. The molecule has 2 aliphatic carbocycles. The van der Waals surface area contributed by atoms with E-state index in [9.17, 15) is 44.3 Å². The van der Waals surface area contributed by atoms with Crippen molar-refractivity contribution in [3.05, 3.63) is 0 Å². The van der Waals surface area contributed by atoms with Crippen LogP contribution in [0.2, 0.25) is 0 Å². The van der Waals surface area contributed by atoms with Gasteiger partial charge in [0.2, 0.25) is 0 Å². The fourth-order valence-corrected chi connectivity index (χ4v) is 5.23. The van der Waals surface area contributed by atoms with Gasteiger partial charge < -0.3 is 9.47 Å². The molecule has 3 fully saturated rings. The van der Waals surface area contributed by atoms with Crippen LogP contribution in [0, 0.1) is 23.7 Å². The number of halogens is 6. The zero-order valence-electron chi connectivity index (χ0n) is 13.1. The summed E-state index contributed by atoms with van der Waals surface area (Å²) in [6.45, 7) is -1.01. The van der Waals surface area contributed by atoms with Gasteiger partial charge in [0.25, 0.3) is 0 Å². The Morgan fingerprint density at radius 1 is 1.15 bits per heavy atom. The van der Waals surface area contributed by atoms with Crippen molar-refractivity contribution in [2.75, 3.05) is 6.61 Å². The molecule has 3 aliphatic rings. The third-order valence-electron chi connectivity index (χ3n) is 5.53. The zero-order valence-corrected chi connectivity index (χ0v) is 13.9. The van der Waals surface area contributed by atoms with Crippen LogP contribution in [-0.2, 0) is 29.2 Å². The summed E-state index contributed by atoms with van der Waals surface area (Å²) in [6, 6.07) is 0. The summed E-state index contributed by atoms with van der Waals surface area (Å²) in [7, 11) is -7.03. The standard InChI is InChI=1S/C13H12F6O7S/c14-12(15,16)11(13(17,18)19,27(22,23)24)10(21)25-3-7-4-1-5-6(2-4)9(20)26-8(5)7/h4-8H,1-3H2,(H,22,23,24). The van der Waals surface area contributed by atoms with Gasteiger partial charge in [0.05, 0.1) is 12.5 Å². The first-order valence-electron chi connectivity index (χ1n) is 7.61. The molecular formula is C13H12F6O7S. The van der Waals surface area contributed by atoms with Crippen molar-refractivity contribution in [3.63, 3.8) is 0 Å². The average Bonchev–Trinajstić information content (AvgIpc) is 3.03. The van der Waals surface area contributed by atoms with E-state index in [-0.39, 0.29) is 11.8 Å². The summed E-state index contributed by atoms with van der Waals surface area (Å²) < 4.78 is 112. The van der Waals surface area contributed by atoms with Gasteiger partial charge in [-0.2, -0.15) is 34.8 Å². The smallest absolute Gasteiger partial charge is 0.430 e. The number of ether oxygens (including phenoxy) is 2. The minimum absolute atomic E-state index is 0.261. The highest BCUT2D eigenvalue weighted by atomic mass is 32.2. The number of alkyl halides is 6. The zero-order chi connectivity index (χ0) is 20.6. The van der Waals surface area contributed by atoms with Crippen LogP contribution < -0.4 is 0 Å². The van der Waals surface area contributed by atoms with Crippen molar-refractivity contribution in [2.24, 2.45) is 23.7 Å². The molecule has 7 nitrogen and oxygen atoms in total. The lowest BCUT2D eigenvalue weighted by Crippen LogP contribution is -2.67. The largest absolute Gasteiger partial charge is 0.463 e. The van der Waals surface area contributed by atoms with Gasteiger partial charge in [-0.05, 0) is 18.8 Å². The molecule has 0 aromatic heterocycles. The van der Waals surface area contributed by atoms with E-state index in [0.29, 0.717) is 12.8 Å². The van der Waals surface area contributed by atoms with Crippen molar-refractivity contribution >= 4 is 22.1 Å². The minimum Gasteiger partial charge on any atom is -0.463 e. The third-order valence-corrected chi connectivity index (χ3v) is 6.94. The average molecular weight is 426 g/mol. The number of esters is 2. The van der Waals surface area contributed by atoms with E-state index in [0.717, 1.165) is 0 Å². The predicted molar refractivity (Wildman–Crippen MR) is 70.4 cm³/mol. The lowest BCUT2D eigenvalue weighted by molar-refractivity contribution is -0.269. The molecule has 1 heterocycles. The minimum atomic E-state index is -7.03. The topological polar surface area (TPSA) is 107 Å². The van der Waals surface area contributed by atoms with Gasteiger partial charge in [-0.15, -0.1) is 0 Å². The van der Waals surface area contributed by atoms with Gasteiger partial charge in [0.1, 0.15) is 6.10 Å². The molecule has 27 heavy (non-hydrogen) atoms. The van der Waals surface area contributed by atoms with Gasteiger partial charge in [0, 0.05) is 11.8 Å². The highest BCUT2D eigenvalue weighted by Crippen LogP contribution is 2.57. The van der Waals surface area contributed by atoms with Gasteiger partial charge in [0.15, 0.2) is 0 Å². The van der Waals surface area contributed by atoms with E-state index in [1.165, 1.54) is 0 Å². The van der Waals surface area contributed by atoms with E-state index in [1.807, 2.05) is 0 Å². The summed E-state index contributed by atoms with van der Waals surface area (Å²) in [5, 5.41) is 0. The van der Waals surface area contributed by atoms with Crippen LogP contribution in [0.15, 0.2) is 0 Å². The summed E-state index contributed by atoms with van der Waals surface area (Å²) in [4.78, 5) is 23.3. The molecule has 0 amide bonds. The lowest BCUT2D eigenvalue weighted by atomic mass is 9.83. The highest BCUT2D eigenvalue weighted by molar-refractivity contribution is 7.88. The van der Waals surface area contributed by atoms with Gasteiger partial charge in [-0.1, -0.05) is 0 Å². The maximum atomic E-state index is 13.0. The molecule has 1 saturated heterocycles. The first kappa shape index (κ1) is 20.2. The van der Waals surface area contributed by atoms with Gasteiger partial charge in [-0.3, -0.25) is 9.35 Å². The van der Waals surface area contributed by atoms with Crippen molar-refractivity contribution in [1.29, 1.82) is 0 Å². The maximum Gasteiger partial charge on any atom is 0.430 e. The second-order valence-corrected chi connectivity index (χ2v) is 8.38. The van der Waals surface area contributed by atoms with Crippen LogP contribution in [-0.4, -0.2) is 54.7 Å². The third kappa shape index (κ3) is 2.62. The van der Waals surface area contributed by atoms with E-state index >= 15 is 0 Å². The normalized spacial score (nSPS) is 33.3. The molecule has 5 atom stereocenters. The monoisotopic (exact) mass is 426 g/mol. The van der Waals surface area contributed by atoms with E-state index in [4.69, 9.17) is 9.29 Å². The van der Waals surface area contributed by atoms with E-state index < -0.39 is 63.7 Å². The van der Waals surface area contributed by atoms with E-state index in [1.54, 1.807) is 0 Å². The molecule has 1 aliphatic heterocycles. The number of carbonyl (C=O) groups is 2. The summed E-state index contributed by atoms with van der Waals surface area (Å²) >= 11 is 0. The fraction of sp³-hybridized carbons (Fsp3) is 0.846. The summed E-state index contributed by atoms with van der Waals surface area (Å²) in [6.07, 6.45) is -13.5. The van der Waals surface area contributed by atoms with Crippen LogP contribution >= 0.6 is 0 Å². The SMILES string of the molecule is O=C1OC2C(COC(=O)C(C(F)(F)F)(C(F)(F)F)S(=O)(=O)O)C3CC1C2C3. The van der Waals surface area contributed by atoms with Gasteiger partial charge in [-0.25, -0.2) is 4.79 Å². The molecule has 0 aromatic carbocycles. The van der Waals surface area contributed by atoms with Crippen LogP contribution in [0.5, 0.6) is 0 Å². The van der Waals surface area contributed by atoms with Gasteiger partial charge >= 0.3 is 39.2 Å². The molecule has 2 bridgehead atoms. The summed E-state index contributed by atoms with van der Waals surface area (Å²) in [5.41, 5.74) is 0. The van der Waals surface area contributed by atoms with Crippen molar-refractivity contribution in [2.45, 2.75) is 36.0 Å². The van der Waals surface area contributed by atoms with E-state index in [2.05, 4.69) is 4.74 Å². The molecule has 1 N–H and O–H groups in total. The molecule has 0 aromatic rings. The second kappa shape index (κ2) is 5.72. The number of fused-ring (bicyclic) bond motifs is 1. The Labute approximate surface area is 147 Å². The number of carbonyl (C=O) groups excluding carboxylic acids is 2. The maximum absolute atomic E-state index is 13.0. The van der Waals surface area contributed by atoms with Crippen molar-refractivity contribution in [3.8, 4) is 0 Å². The highest BCUT2D eigenvalue weighted by Gasteiger charge is 2.85. The first-order valence-corrected chi connectivity index (χ1v) is 9.05. The molecule has 2 saturated carbocycles. The Kier molecular flexibility index (Phi) is 4.27. The first-order chi connectivity index (χ1) is 12.1. The Morgan fingerprint density at radius 3 is 2.19 bits per heavy atom. The van der Waals surface area contributed by atoms with Crippen LogP contribution in [0.25, 0.3) is 0 Å². The number of rotatable bonds is 4. The second-order valence-electron chi connectivity index (χ2n) is 6.82. The van der Waals surface area contributed by atoms with Crippen molar-refractivity contribution in [1.82, 2.24) is 0 Å². The number of hydrogen-bond donors (Lipinski definition) is 1. The quantitative estimate of drug-likeness (QED) is 0.412. The molecule has 0 radical (unpaired) electrons. The van der Waals surface area contributed by atoms with Crippen LogP contribution in [0.3, 0.4) is 0 Å². The van der Waals surface area contributed by atoms with Crippen molar-refractivity contribution < 1.29 is 58.4 Å². The number of hydrogen-bond acceptors (Lipinski definition) is 6.